The van der Waals surface area contributed by atoms with Crippen LogP contribution < -0.4 is 10.6 Å². The van der Waals surface area contributed by atoms with Crippen LogP contribution in [0.4, 0.5) is 4.79 Å². The maximum atomic E-state index is 12.0. The van der Waals surface area contributed by atoms with Gasteiger partial charge in [0.15, 0.2) is 0 Å². The Balaban J connectivity index is 2.54. The minimum Gasteiger partial charge on any atom is -0.481 e. The van der Waals surface area contributed by atoms with Gasteiger partial charge in [0.1, 0.15) is 0 Å². The van der Waals surface area contributed by atoms with Crippen LogP contribution in [-0.2, 0) is 9.59 Å². The molecule has 7 nitrogen and oxygen atoms in total. The maximum absolute atomic E-state index is 12.0. The summed E-state index contributed by atoms with van der Waals surface area (Å²) in [5.41, 5.74) is -0.891. The SMILES string of the molecule is CC(C)NC(=O)CNC(=O)N1CCC(C(=O)O)(C(C)C)C1. The van der Waals surface area contributed by atoms with Gasteiger partial charge in [-0.2, -0.15) is 0 Å². The van der Waals surface area contributed by atoms with Gasteiger partial charge >= 0.3 is 12.0 Å². The Morgan fingerprint density at radius 2 is 1.86 bits per heavy atom. The first kappa shape index (κ1) is 17.3. The standard InChI is InChI=1S/C14H25N3O4/c1-9(2)14(12(19)20)5-6-17(8-14)13(21)15-7-11(18)16-10(3)4/h9-10H,5-8H2,1-4H3,(H,15,21)(H,16,18)(H,19,20). The van der Waals surface area contributed by atoms with Crippen molar-refractivity contribution < 1.29 is 19.5 Å². The van der Waals surface area contributed by atoms with Crippen LogP contribution in [0.2, 0.25) is 0 Å². The number of carboxylic acids is 1. The monoisotopic (exact) mass is 299 g/mol. The third-order valence-electron chi connectivity index (χ3n) is 3.97. The van der Waals surface area contributed by atoms with Gasteiger partial charge in [0.05, 0.1) is 12.0 Å². The molecule has 0 aromatic carbocycles. The Morgan fingerprint density at radius 1 is 1.24 bits per heavy atom. The van der Waals surface area contributed by atoms with Crippen molar-refractivity contribution in [2.45, 2.75) is 40.2 Å². The first-order valence-corrected chi connectivity index (χ1v) is 7.24. The van der Waals surface area contributed by atoms with E-state index in [4.69, 9.17) is 0 Å². The van der Waals surface area contributed by atoms with Gasteiger partial charge < -0.3 is 20.6 Å². The summed E-state index contributed by atoms with van der Waals surface area (Å²) in [6.07, 6.45) is 0.436. The van der Waals surface area contributed by atoms with Crippen LogP contribution in [0.1, 0.15) is 34.1 Å². The van der Waals surface area contributed by atoms with Gasteiger partial charge in [-0.15, -0.1) is 0 Å². The second-order valence-electron chi connectivity index (χ2n) is 6.17. The number of carbonyl (C=O) groups excluding carboxylic acids is 2. The average molecular weight is 299 g/mol. The Kier molecular flexibility index (Phi) is 5.57. The minimum atomic E-state index is -0.891. The fourth-order valence-electron chi connectivity index (χ4n) is 2.54. The number of aliphatic carboxylic acids is 1. The summed E-state index contributed by atoms with van der Waals surface area (Å²) < 4.78 is 0. The quantitative estimate of drug-likeness (QED) is 0.694. The lowest BCUT2D eigenvalue weighted by atomic mass is 9.76. The Bertz CT molecular complexity index is 422. The van der Waals surface area contributed by atoms with Crippen LogP contribution >= 0.6 is 0 Å². The highest BCUT2D eigenvalue weighted by molar-refractivity contribution is 5.85. The van der Waals surface area contributed by atoms with Crippen molar-refractivity contribution in [3.8, 4) is 0 Å². The summed E-state index contributed by atoms with van der Waals surface area (Å²) in [6, 6.07) is -0.375. The third kappa shape index (κ3) is 4.09. The lowest BCUT2D eigenvalue weighted by molar-refractivity contribution is -0.150. The van der Waals surface area contributed by atoms with Crippen LogP contribution in [-0.4, -0.2) is 53.6 Å². The Hall–Kier alpha value is -1.79. The van der Waals surface area contributed by atoms with Crippen LogP contribution in [0.5, 0.6) is 0 Å². The molecule has 1 saturated heterocycles. The topological polar surface area (TPSA) is 98.7 Å². The number of nitrogens with one attached hydrogen (secondary N) is 2. The average Bonchev–Trinajstić information content (AvgIpc) is 2.81. The minimum absolute atomic E-state index is 0.0155. The van der Waals surface area contributed by atoms with Crippen molar-refractivity contribution in [2.24, 2.45) is 11.3 Å². The number of rotatable bonds is 5. The molecular formula is C14H25N3O4. The number of carbonyl (C=O) groups is 3. The van der Waals surface area contributed by atoms with Crippen molar-refractivity contribution in [3.63, 3.8) is 0 Å². The fourth-order valence-corrected chi connectivity index (χ4v) is 2.54. The number of urea groups is 1. The van der Waals surface area contributed by atoms with Crippen molar-refractivity contribution >= 4 is 17.9 Å². The molecule has 120 valence electrons. The molecule has 1 heterocycles. The molecule has 0 aliphatic carbocycles. The zero-order valence-corrected chi connectivity index (χ0v) is 13.1. The van der Waals surface area contributed by atoms with Crippen molar-refractivity contribution in [1.29, 1.82) is 0 Å². The van der Waals surface area contributed by atoms with E-state index in [1.54, 1.807) is 0 Å². The van der Waals surface area contributed by atoms with E-state index in [0.717, 1.165) is 0 Å². The van der Waals surface area contributed by atoms with Gasteiger partial charge in [0.25, 0.3) is 0 Å². The van der Waals surface area contributed by atoms with E-state index in [0.29, 0.717) is 13.0 Å². The predicted molar refractivity (Wildman–Crippen MR) is 77.8 cm³/mol. The molecule has 1 aliphatic heterocycles. The van der Waals surface area contributed by atoms with Crippen LogP contribution in [0.3, 0.4) is 0 Å². The van der Waals surface area contributed by atoms with Gasteiger partial charge in [0, 0.05) is 19.1 Å². The van der Waals surface area contributed by atoms with Gasteiger partial charge in [-0.3, -0.25) is 9.59 Å². The van der Waals surface area contributed by atoms with E-state index in [2.05, 4.69) is 10.6 Å². The smallest absolute Gasteiger partial charge is 0.317 e. The largest absolute Gasteiger partial charge is 0.481 e. The van der Waals surface area contributed by atoms with E-state index >= 15 is 0 Å². The molecule has 3 amide bonds. The summed E-state index contributed by atoms with van der Waals surface area (Å²) >= 11 is 0. The van der Waals surface area contributed by atoms with E-state index in [9.17, 15) is 19.5 Å². The van der Waals surface area contributed by atoms with Crippen LogP contribution in [0.25, 0.3) is 0 Å². The highest BCUT2D eigenvalue weighted by Crippen LogP contribution is 2.38. The Labute approximate surface area is 125 Å². The molecule has 0 radical (unpaired) electrons. The number of likely N-dealkylation sites (tertiary alicyclic amines) is 1. The molecule has 1 fully saturated rings. The maximum Gasteiger partial charge on any atom is 0.317 e. The first-order chi connectivity index (χ1) is 9.69. The van der Waals surface area contributed by atoms with Gasteiger partial charge in [0.2, 0.25) is 5.91 Å². The fraction of sp³-hybridized carbons (Fsp3) is 0.786. The van der Waals surface area contributed by atoms with Crippen molar-refractivity contribution in [2.75, 3.05) is 19.6 Å². The molecular weight excluding hydrogens is 274 g/mol. The second kappa shape index (κ2) is 6.78. The van der Waals surface area contributed by atoms with Gasteiger partial charge in [-0.1, -0.05) is 13.8 Å². The molecule has 3 N–H and O–H groups in total. The summed E-state index contributed by atoms with van der Waals surface area (Å²) in [7, 11) is 0. The highest BCUT2D eigenvalue weighted by Gasteiger charge is 2.48. The summed E-state index contributed by atoms with van der Waals surface area (Å²) in [6.45, 7) is 7.85. The Morgan fingerprint density at radius 3 is 2.29 bits per heavy atom. The molecule has 1 rings (SSSR count). The highest BCUT2D eigenvalue weighted by atomic mass is 16.4. The molecule has 1 atom stereocenters. The number of carboxylic acid groups (broad SMARTS) is 1. The van der Waals surface area contributed by atoms with E-state index in [1.807, 2.05) is 27.7 Å². The van der Waals surface area contributed by atoms with Crippen LogP contribution in [0, 0.1) is 11.3 Å². The molecule has 21 heavy (non-hydrogen) atoms. The number of hydrogen-bond acceptors (Lipinski definition) is 3. The summed E-state index contributed by atoms with van der Waals surface area (Å²) in [5, 5.41) is 14.6. The zero-order valence-electron chi connectivity index (χ0n) is 13.1. The number of amides is 3. The molecule has 0 aromatic heterocycles. The van der Waals surface area contributed by atoms with Crippen molar-refractivity contribution in [3.05, 3.63) is 0 Å². The summed E-state index contributed by atoms with van der Waals surface area (Å²) in [5.74, 6) is -1.19. The van der Waals surface area contributed by atoms with Gasteiger partial charge in [-0.25, -0.2) is 4.79 Å². The molecule has 0 aromatic rings. The zero-order chi connectivity index (χ0) is 16.2. The third-order valence-corrected chi connectivity index (χ3v) is 3.97. The predicted octanol–water partition coefficient (Wildman–Crippen LogP) is 0.653. The first-order valence-electron chi connectivity index (χ1n) is 7.24. The van der Waals surface area contributed by atoms with E-state index in [-0.39, 0.29) is 31.0 Å². The van der Waals surface area contributed by atoms with Gasteiger partial charge in [-0.05, 0) is 26.2 Å². The van der Waals surface area contributed by atoms with E-state index < -0.39 is 17.4 Å². The molecule has 1 unspecified atom stereocenters. The molecule has 7 heteroatoms. The van der Waals surface area contributed by atoms with E-state index in [1.165, 1.54) is 4.90 Å². The molecule has 0 saturated carbocycles. The lowest BCUT2D eigenvalue weighted by Gasteiger charge is -2.28. The second-order valence-corrected chi connectivity index (χ2v) is 6.17. The summed E-state index contributed by atoms with van der Waals surface area (Å²) in [4.78, 5) is 36.5. The normalized spacial score (nSPS) is 21.7. The number of hydrogen-bond donors (Lipinski definition) is 3. The van der Waals surface area contributed by atoms with Crippen LogP contribution in [0.15, 0.2) is 0 Å². The number of nitrogens with zero attached hydrogens (tertiary/aromatic N) is 1. The molecule has 0 bridgehead atoms. The molecule has 0 spiro atoms. The van der Waals surface area contributed by atoms with Crippen molar-refractivity contribution in [1.82, 2.24) is 15.5 Å². The molecule has 1 aliphatic rings. The lowest BCUT2D eigenvalue weighted by Crippen LogP contribution is -2.46.